The van der Waals surface area contributed by atoms with Gasteiger partial charge < -0.3 is 20.3 Å². The number of amides is 2. The van der Waals surface area contributed by atoms with Gasteiger partial charge in [-0.2, -0.15) is 0 Å². The van der Waals surface area contributed by atoms with Crippen molar-refractivity contribution in [2.24, 2.45) is 0 Å². The van der Waals surface area contributed by atoms with Crippen LogP contribution in [0, 0.1) is 0 Å². The van der Waals surface area contributed by atoms with E-state index >= 15 is 0 Å². The third kappa shape index (κ3) is 5.93. The largest absolute Gasteiger partial charge is 0.497 e. The summed E-state index contributed by atoms with van der Waals surface area (Å²) in [5.74, 6) is 0.619. The molecule has 2 N–H and O–H groups in total. The topological polar surface area (TPSA) is 83.6 Å². The summed E-state index contributed by atoms with van der Waals surface area (Å²) in [7, 11) is 1.62. The first-order valence-electron chi connectivity index (χ1n) is 9.97. The van der Waals surface area contributed by atoms with Gasteiger partial charge in [0.1, 0.15) is 11.4 Å². The average molecular weight is 417 g/mol. The van der Waals surface area contributed by atoms with Gasteiger partial charge in [-0.15, -0.1) is 11.3 Å². The molecule has 0 radical (unpaired) electrons. The van der Waals surface area contributed by atoms with Crippen molar-refractivity contribution in [2.75, 3.05) is 19.0 Å². The van der Waals surface area contributed by atoms with Crippen molar-refractivity contribution >= 4 is 34.0 Å². The maximum atomic E-state index is 13.0. The Labute approximate surface area is 175 Å². The van der Waals surface area contributed by atoms with Crippen LogP contribution in [0.4, 0.5) is 10.8 Å². The van der Waals surface area contributed by atoms with Gasteiger partial charge in [-0.25, -0.2) is 4.98 Å². The lowest BCUT2D eigenvalue weighted by Gasteiger charge is -2.21. The summed E-state index contributed by atoms with van der Waals surface area (Å²) in [4.78, 5) is 31.3. The molecule has 29 heavy (non-hydrogen) atoms. The standard InChI is InChI=1S/C21H28N4O3S/c1-4-14(2)22-19(26)10-11-25(16-8-9-16)20(27)18-13-29-21(24-18)23-15-6-5-7-17(12-15)28-3/h5-7,12-14,16H,4,8-11H2,1-3H3,(H,22,26)(H,23,24). The fraction of sp³-hybridized carbons (Fsp3) is 0.476. The first kappa shape index (κ1) is 21.1. The molecule has 1 aliphatic carbocycles. The van der Waals surface area contributed by atoms with Gasteiger partial charge in [-0.05, 0) is 38.3 Å². The Balaban J connectivity index is 1.61. The van der Waals surface area contributed by atoms with Crippen LogP contribution in [0.2, 0.25) is 0 Å². The number of rotatable bonds is 10. The van der Waals surface area contributed by atoms with Crippen molar-refractivity contribution in [3.8, 4) is 5.75 Å². The van der Waals surface area contributed by atoms with Crippen LogP contribution in [0.1, 0.15) is 50.0 Å². The molecule has 1 aromatic heterocycles. The van der Waals surface area contributed by atoms with E-state index in [0.717, 1.165) is 30.7 Å². The molecule has 0 aliphatic heterocycles. The first-order valence-corrected chi connectivity index (χ1v) is 10.8. The van der Waals surface area contributed by atoms with Gasteiger partial charge in [0.15, 0.2) is 5.13 Å². The molecule has 1 aliphatic rings. The Hall–Kier alpha value is -2.61. The number of thiazole rings is 1. The average Bonchev–Trinajstić information content (AvgIpc) is 3.45. The predicted molar refractivity (Wildman–Crippen MR) is 115 cm³/mol. The lowest BCUT2D eigenvalue weighted by Crippen LogP contribution is -2.38. The van der Waals surface area contributed by atoms with Crippen LogP contribution in [0.25, 0.3) is 0 Å². The second-order valence-electron chi connectivity index (χ2n) is 7.25. The third-order valence-electron chi connectivity index (χ3n) is 4.89. The second kappa shape index (κ2) is 9.73. The van der Waals surface area contributed by atoms with Gasteiger partial charge in [0.25, 0.3) is 5.91 Å². The molecule has 156 valence electrons. The highest BCUT2D eigenvalue weighted by atomic mass is 32.1. The van der Waals surface area contributed by atoms with Crippen LogP contribution in [0.3, 0.4) is 0 Å². The molecule has 2 aromatic rings. The SMILES string of the molecule is CCC(C)NC(=O)CCN(C(=O)c1csc(Nc2cccc(OC)c2)n1)C1CC1. The van der Waals surface area contributed by atoms with Gasteiger partial charge in [0, 0.05) is 42.2 Å². The maximum Gasteiger partial charge on any atom is 0.273 e. The van der Waals surface area contributed by atoms with Crippen molar-refractivity contribution in [1.82, 2.24) is 15.2 Å². The zero-order chi connectivity index (χ0) is 20.8. The van der Waals surface area contributed by atoms with Gasteiger partial charge in [-0.3, -0.25) is 9.59 Å². The fourth-order valence-electron chi connectivity index (χ4n) is 2.91. The van der Waals surface area contributed by atoms with E-state index < -0.39 is 0 Å². The number of anilines is 2. The summed E-state index contributed by atoms with van der Waals surface area (Å²) in [6, 6.07) is 7.91. The summed E-state index contributed by atoms with van der Waals surface area (Å²) < 4.78 is 5.23. The number of benzene rings is 1. The molecule has 0 spiro atoms. The minimum Gasteiger partial charge on any atom is -0.497 e. The smallest absolute Gasteiger partial charge is 0.273 e. The Bertz CT molecular complexity index is 850. The highest BCUT2D eigenvalue weighted by Crippen LogP contribution is 2.30. The van der Waals surface area contributed by atoms with E-state index in [4.69, 9.17) is 4.74 Å². The lowest BCUT2D eigenvalue weighted by molar-refractivity contribution is -0.121. The Kier molecular flexibility index (Phi) is 7.09. The zero-order valence-electron chi connectivity index (χ0n) is 17.1. The summed E-state index contributed by atoms with van der Waals surface area (Å²) in [6.45, 7) is 4.43. The maximum absolute atomic E-state index is 13.0. The van der Waals surface area contributed by atoms with E-state index in [-0.39, 0.29) is 23.9 Å². The minimum atomic E-state index is -0.112. The molecule has 1 fully saturated rings. The van der Waals surface area contributed by atoms with Crippen molar-refractivity contribution in [3.05, 3.63) is 35.3 Å². The van der Waals surface area contributed by atoms with E-state index in [0.29, 0.717) is 23.8 Å². The molecule has 2 amide bonds. The molecule has 8 heteroatoms. The fourth-order valence-corrected chi connectivity index (χ4v) is 3.61. The normalized spacial score (nSPS) is 14.2. The summed E-state index contributed by atoms with van der Waals surface area (Å²) >= 11 is 1.38. The molecule has 0 bridgehead atoms. The van der Waals surface area contributed by atoms with Gasteiger partial charge in [0.2, 0.25) is 5.91 Å². The van der Waals surface area contributed by atoms with Crippen LogP contribution < -0.4 is 15.4 Å². The van der Waals surface area contributed by atoms with E-state index in [1.54, 1.807) is 17.4 Å². The molecular weight excluding hydrogens is 388 g/mol. The summed E-state index contributed by atoms with van der Waals surface area (Å²) in [5.41, 5.74) is 1.26. The van der Waals surface area contributed by atoms with E-state index in [9.17, 15) is 9.59 Å². The van der Waals surface area contributed by atoms with Crippen molar-refractivity contribution < 1.29 is 14.3 Å². The van der Waals surface area contributed by atoms with Crippen LogP contribution in [-0.2, 0) is 4.79 Å². The van der Waals surface area contributed by atoms with Crippen molar-refractivity contribution in [3.63, 3.8) is 0 Å². The number of carbonyl (C=O) groups excluding carboxylic acids is 2. The molecule has 7 nitrogen and oxygen atoms in total. The molecule has 3 rings (SSSR count). The quantitative estimate of drug-likeness (QED) is 0.615. The second-order valence-corrected chi connectivity index (χ2v) is 8.11. The molecule has 1 aromatic carbocycles. The van der Waals surface area contributed by atoms with E-state index in [1.807, 2.05) is 38.1 Å². The molecular formula is C21H28N4O3S. The molecule has 1 heterocycles. The Morgan fingerprint density at radius 2 is 2.17 bits per heavy atom. The number of aromatic nitrogens is 1. The number of nitrogens with zero attached hydrogens (tertiary/aromatic N) is 2. The van der Waals surface area contributed by atoms with Gasteiger partial charge in [0.05, 0.1) is 7.11 Å². The lowest BCUT2D eigenvalue weighted by atomic mass is 10.2. The minimum absolute atomic E-state index is 0.0172. The first-order chi connectivity index (χ1) is 14.0. The van der Waals surface area contributed by atoms with Crippen LogP contribution in [0.5, 0.6) is 5.75 Å². The Morgan fingerprint density at radius 3 is 2.86 bits per heavy atom. The number of carbonyl (C=O) groups is 2. The molecule has 1 saturated carbocycles. The molecule has 1 unspecified atom stereocenters. The molecule has 1 atom stereocenters. The number of methoxy groups -OCH3 is 1. The van der Waals surface area contributed by atoms with Crippen LogP contribution in [-0.4, -0.2) is 47.4 Å². The Morgan fingerprint density at radius 1 is 1.38 bits per heavy atom. The number of ether oxygens (including phenoxy) is 1. The zero-order valence-corrected chi connectivity index (χ0v) is 17.9. The number of hydrogen-bond acceptors (Lipinski definition) is 6. The highest BCUT2D eigenvalue weighted by Gasteiger charge is 2.34. The number of nitrogens with one attached hydrogen (secondary N) is 2. The van der Waals surface area contributed by atoms with E-state index in [1.165, 1.54) is 11.3 Å². The third-order valence-corrected chi connectivity index (χ3v) is 5.65. The molecule has 0 saturated heterocycles. The number of hydrogen-bond donors (Lipinski definition) is 2. The van der Waals surface area contributed by atoms with Crippen LogP contribution >= 0.6 is 11.3 Å². The van der Waals surface area contributed by atoms with Crippen LogP contribution in [0.15, 0.2) is 29.6 Å². The van der Waals surface area contributed by atoms with Crippen molar-refractivity contribution in [1.29, 1.82) is 0 Å². The summed E-state index contributed by atoms with van der Waals surface area (Å²) in [6.07, 6.45) is 3.17. The van der Waals surface area contributed by atoms with Gasteiger partial charge in [-0.1, -0.05) is 13.0 Å². The highest BCUT2D eigenvalue weighted by molar-refractivity contribution is 7.14. The monoisotopic (exact) mass is 416 g/mol. The van der Waals surface area contributed by atoms with Crippen molar-refractivity contribution in [2.45, 2.75) is 51.6 Å². The summed E-state index contributed by atoms with van der Waals surface area (Å²) in [5, 5.41) is 8.57. The van der Waals surface area contributed by atoms with E-state index in [2.05, 4.69) is 15.6 Å². The van der Waals surface area contributed by atoms with Gasteiger partial charge >= 0.3 is 0 Å². The predicted octanol–water partition coefficient (Wildman–Crippen LogP) is 3.80.